The van der Waals surface area contributed by atoms with Crippen LogP contribution in [0.3, 0.4) is 0 Å². The minimum absolute atomic E-state index is 0.565. The maximum absolute atomic E-state index is 4.35. The van der Waals surface area contributed by atoms with Crippen molar-refractivity contribution in [2.24, 2.45) is 0 Å². The molecular weight excluding hydrogens is 324 g/mol. The van der Waals surface area contributed by atoms with Gasteiger partial charge in [0.05, 0.1) is 4.88 Å². The summed E-state index contributed by atoms with van der Waals surface area (Å²) in [5.41, 5.74) is 0.934. The number of hydrogen-bond donors (Lipinski definition) is 1. The molecule has 0 spiro atoms. The molecule has 1 aliphatic rings. The first-order valence-electron chi connectivity index (χ1n) is 6.26. The lowest BCUT2D eigenvalue weighted by Crippen LogP contribution is -2.29. The van der Waals surface area contributed by atoms with Gasteiger partial charge in [-0.3, -0.25) is 0 Å². The maximum atomic E-state index is 4.35. The molecule has 1 unspecified atom stereocenters. The van der Waals surface area contributed by atoms with Crippen LogP contribution in [0.1, 0.15) is 6.42 Å². The van der Waals surface area contributed by atoms with Crippen LogP contribution in [0.4, 0.5) is 5.82 Å². The summed E-state index contributed by atoms with van der Waals surface area (Å²) in [5, 5.41) is 14.1. The van der Waals surface area contributed by atoms with Crippen LogP contribution in [0, 0.1) is 0 Å². The summed E-state index contributed by atoms with van der Waals surface area (Å²) in [4.78, 5) is 3.42. The molecule has 0 amide bonds. The number of anilines is 1. The number of rotatable bonds is 3. The Morgan fingerprint density at radius 3 is 2.89 bits per heavy atom. The third-order valence-corrected chi connectivity index (χ3v) is 5.10. The van der Waals surface area contributed by atoms with Gasteiger partial charge < -0.3 is 10.2 Å². The van der Waals surface area contributed by atoms with Gasteiger partial charge in [0, 0.05) is 29.0 Å². The Labute approximate surface area is 125 Å². The first-order valence-corrected chi connectivity index (χ1v) is 7.94. The molecule has 1 aliphatic heterocycles. The lowest BCUT2D eigenvalue weighted by molar-refractivity contribution is 0.616. The van der Waals surface area contributed by atoms with Crippen molar-refractivity contribution < 1.29 is 0 Å². The molecule has 0 aliphatic carbocycles. The standard InChI is InChI=1S/C13H15BrN4S/c1-15-10-4-5-18(7-10)13-3-2-11(16-17-13)12-6-9(14)8-19-12/h2-3,6,8,10,15H,4-5,7H2,1H3. The predicted octanol–water partition coefficient (Wildman–Crippen LogP) is 2.77. The summed E-state index contributed by atoms with van der Waals surface area (Å²) in [6.07, 6.45) is 1.16. The highest BCUT2D eigenvalue weighted by molar-refractivity contribution is 9.10. The van der Waals surface area contributed by atoms with E-state index in [0.29, 0.717) is 6.04 Å². The zero-order valence-electron chi connectivity index (χ0n) is 10.6. The van der Waals surface area contributed by atoms with E-state index in [1.807, 2.05) is 13.1 Å². The topological polar surface area (TPSA) is 41.0 Å². The van der Waals surface area contributed by atoms with Gasteiger partial charge in [-0.05, 0) is 47.6 Å². The zero-order valence-corrected chi connectivity index (χ0v) is 13.0. The number of halogens is 1. The van der Waals surface area contributed by atoms with Crippen LogP contribution < -0.4 is 10.2 Å². The third-order valence-electron chi connectivity index (χ3n) is 3.39. The molecule has 0 saturated carbocycles. The second kappa shape index (κ2) is 5.56. The first-order chi connectivity index (χ1) is 9.26. The van der Waals surface area contributed by atoms with Crippen molar-refractivity contribution in [3.8, 4) is 10.6 Å². The van der Waals surface area contributed by atoms with Gasteiger partial charge in [-0.25, -0.2) is 0 Å². The second-order valence-corrected chi connectivity index (χ2v) is 6.45. The Morgan fingerprint density at radius 2 is 2.32 bits per heavy atom. The Kier molecular flexibility index (Phi) is 3.81. The molecule has 3 rings (SSSR count). The van der Waals surface area contributed by atoms with Gasteiger partial charge >= 0.3 is 0 Å². The van der Waals surface area contributed by atoms with E-state index in [1.165, 1.54) is 0 Å². The van der Waals surface area contributed by atoms with Crippen LogP contribution in [-0.2, 0) is 0 Å². The van der Waals surface area contributed by atoms with Crippen LogP contribution in [0.2, 0.25) is 0 Å². The molecule has 1 N–H and O–H groups in total. The molecule has 4 nitrogen and oxygen atoms in total. The Balaban J connectivity index is 1.76. The summed E-state index contributed by atoms with van der Waals surface area (Å²) < 4.78 is 1.09. The number of aromatic nitrogens is 2. The highest BCUT2D eigenvalue weighted by atomic mass is 79.9. The Morgan fingerprint density at radius 1 is 1.42 bits per heavy atom. The molecule has 0 radical (unpaired) electrons. The Bertz CT molecular complexity index is 554. The quantitative estimate of drug-likeness (QED) is 0.934. The molecule has 1 saturated heterocycles. The molecule has 2 aromatic heterocycles. The normalized spacial score (nSPS) is 19.1. The van der Waals surface area contributed by atoms with Gasteiger partial charge in [0.1, 0.15) is 5.69 Å². The molecule has 1 atom stereocenters. The molecule has 0 bridgehead atoms. The number of nitrogens with zero attached hydrogens (tertiary/aromatic N) is 3. The molecule has 19 heavy (non-hydrogen) atoms. The molecule has 2 aromatic rings. The van der Waals surface area contributed by atoms with Crippen LogP contribution in [-0.4, -0.2) is 36.4 Å². The first kappa shape index (κ1) is 13.0. The number of thiophene rings is 1. The molecule has 1 fully saturated rings. The van der Waals surface area contributed by atoms with E-state index < -0.39 is 0 Å². The summed E-state index contributed by atoms with van der Waals surface area (Å²) in [7, 11) is 2.01. The van der Waals surface area contributed by atoms with Crippen molar-refractivity contribution in [3.63, 3.8) is 0 Å². The van der Waals surface area contributed by atoms with Crippen LogP contribution in [0.5, 0.6) is 0 Å². The van der Waals surface area contributed by atoms with E-state index in [0.717, 1.165) is 40.4 Å². The average molecular weight is 339 g/mol. The lowest BCUT2D eigenvalue weighted by atomic mass is 10.3. The van der Waals surface area contributed by atoms with Gasteiger partial charge in [0.2, 0.25) is 0 Å². The molecule has 0 aromatic carbocycles. The monoisotopic (exact) mass is 338 g/mol. The molecule has 100 valence electrons. The second-order valence-electron chi connectivity index (χ2n) is 4.63. The molecule has 6 heteroatoms. The Hall–Kier alpha value is -0.980. The van der Waals surface area contributed by atoms with Crippen molar-refractivity contribution in [2.75, 3.05) is 25.0 Å². The highest BCUT2D eigenvalue weighted by Crippen LogP contribution is 2.29. The van der Waals surface area contributed by atoms with E-state index in [2.05, 4.69) is 53.9 Å². The summed E-state index contributed by atoms with van der Waals surface area (Å²) >= 11 is 5.13. The third kappa shape index (κ3) is 2.80. The fraction of sp³-hybridized carbons (Fsp3) is 0.385. The van der Waals surface area contributed by atoms with Crippen molar-refractivity contribution >= 4 is 33.1 Å². The zero-order chi connectivity index (χ0) is 13.2. The summed E-state index contributed by atoms with van der Waals surface area (Å²) in [6, 6.07) is 6.75. The van der Waals surface area contributed by atoms with Crippen molar-refractivity contribution in [2.45, 2.75) is 12.5 Å². The number of nitrogens with one attached hydrogen (secondary N) is 1. The summed E-state index contributed by atoms with van der Waals surface area (Å²) in [5.74, 6) is 0.970. The fourth-order valence-corrected chi connectivity index (χ4v) is 3.67. The minimum atomic E-state index is 0.565. The maximum Gasteiger partial charge on any atom is 0.151 e. The molecule has 3 heterocycles. The van der Waals surface area contributed by atoms with Gasteiger partial charge in [-0.15, -0.1) is 21.5 Å². The molecular formula is C13H15BrN4S. The van der Waals surface area contributed by atoms with E-state index in [1.54, 1.807) is 11.3 Å². The largest absolute Gasteiger partial charge is 0.354 e. The number of likely N-dealkylation sites (N-methyl/N-ethyl adjacent to an activating group) is 1. The minimum Gasteiger partial charge on any atom is -0.354 e. The smallest absolute Gasteiger partial charge is 0.151 e. The van der Waals surface area contributed by atoms with E-state index in [9.17, 15) is 0 Å². The van der Waals surface area contributed by atoms with Crippen LogP contribution >= 0.6 is 27.3 Å². The fourth-order valence-electron chi connectivity index (χ4n) is 2.28. The summed E-state index contributed by atoms with van der Waals surface area (Å²) in [6.45, 7) is 2.05. The van der Waals surface area contributed by atoms with Crippen molar-refractivity contribution in [1.82, 2.24) is 15.5 Å². The SMILES string of the molecule is CNC1CCN(c2ccc(-c3cc(Br)cs3)nn2)C1. The van der Waals surface area contributed by atoms with Gasteiger partial charge in [-0.2, -0.15) is 0 Å². The van der Waals surface area contributed by atoms with E-state index >= 15 is 0 Å². The van der Waals surface area contributed by atoms with Crippen LogP contribution in [0.15, 0.2) is 28.1 Å². The highest BCUT2D eigenvalue weighted by Gasteiger charge is 2.22. The average Bonchev–Trinajstić information content (AvgIpc) is 3.07. The lowest BCUT2D eigenvalue weighted by Gasteiger charge is -2.16. The van der Waals surface area contributed by atoms with E-state index in [4.69, 9.17) is 0 Å². The van der Waals surface area contributed by atoms with Crippen molar-refractivity contribution in [3.05, 3.63) is 28.1 Å². The van der Waals surface area contributed by atoms with Gasteiger partial charge in [-0.1, -0.05) is 0 Å². The predicted molar refractivity (Wildman–Crippen MR) is 82.7 cm³/mol. The van der Waals surface area contributed by atoms with Gasteiger partial charge in [0.25, 0.3) is 0 Å². The van der Waals surface area contributed by atoms with Crippen molar-refractivity contribution in [1.29, 1.82) is 0 Å². The van der Waals surface area contributed by atoms with E-state index in [-0.39, 0.29) is 0 Å². The number of hydrogen-bond acceptors (Lipinski definition) is 5. The van der Waals surface area contributed by atoms with Gasteiger partial charge in [0.15, 0.2) is 5.82 Å². The van der Waals surface area contributed by atoms with Crippen LogP contribution in [0.25, 0.3) is 10.6 Å².